The Morgan fingerprint density at radius 1 is 1.32 bits per heavy atom. The van der Waals surface area contributed by atoms with Gasteiger partial charge in [-0.25, -0.2) is 4.79 Å². The van der Waals surface area contributed by atoms with Crippen molar-refractivity contribution >= 4 is 22.2 Å². The maximum Gasteiger partial charge on any atom is 0.333 e. The van der Waals surface area contributed by atoms with E-state index in [1.807, 2.05) is 42.5 Å². The number of esters is 1. The van der Waals surface area contributed by atoms with Crippen molar-refractivity contribution in [3.05, 3.63) is 54.1 Å². The molecule has 0 fully saturated rings. The van der Waals surface area contributed by atoms with Crippen LogP contribution in [0.5, 0.6) is 0 Å². The molecule has 22 heavy (non-hydrogen) atoms. The van der Waals surface area contributed by atoms with Crippen molar-refractivity contribution in [2.75, 3.05) is 12.9 Å². The largest absolute Gasteiger partial charge is 0.466 e. The Morgan fingerprint density at radius 2 is 1.91 bits per heavy atom. The van der Waals surface area contributed by atoms with Crippen molar-refractivity contribution in [2.45, 2.75) is 19.8 Å². The number of methoxy groups -OCH3 is 1. The number of carbonyl (C=O) groups excluding carboxylic acids is 1. The van der Waals surface area contributed by atoms with Crippen LogP contribution in [0.25, 0.3) is 6.08 Å². The maximum atomic E-state index is 11.0. The van der Waals surface area contributed by atoms with Crippen LogP contribution in [0.15, 0.2) is 48.6 Å². The van der Waals surface area contributed by atoms with Gasteiger partial charge in [-0.05, 0) is 18.4 Å². The summed E-state index contributed by atoms with van der Waals surface area (Å²) in [6.07, 6.45) is 4.84. The van der Waals surface area contributed by atoms with E-state index in [1.54, 1.807) is 6.92 Å². The van der Waals surface area contributed by atoms with Gasteiger partial charge in [0.05, 0.1) is 12.9 Å². The number of allylic oxidation sites excluding steroid dienone is 1. The molecule has 1 rings (SSSR count). The summed E-state index contributed by atoms with van der Waals surface area (Å²) < 4.78 is 32.1. The number of hydrogen-bond acceptors (Lipinski definition) is 4. The van der Waals surface area contributed by atoms with Gasteiger partial charge in [-0.3, -0.25) is 4.55 Å². The minimum atomic E-state index is -3.67. The molecule has 1 N–H and O–H groups in total. The van der Waals surface area contributed by atoms with E-state index in [1.165, 1.54) is 7.11 Å². The van der Waals surface area contributed by atoms with Gasteiger partial charge >= 0.3 is 5.97 Å². The van der Waals surface area contributed by atoms with Crippen LogP contribution in [0.4, 0.5) is 0 Å². The number of hydrogen-bond donors (Lipinski definition) is 1. The summed E-state index contributed by atoms with van der Waals surface area (Å²) in [5.41, 5.74) is 1.57. The molecule has 0 bridgehead atoms. The zero-order valence-electron chi connectivity index (χ0n) is 12.9. The molecule has 1 aromatic rings. The SMILES string of the molecule is C=C(CC=Cc1ccccc1)C(=O)OC.CCCS(=O)(=O)O. The fourth-order valence-electron chi connectivity index (χ4n) is 1.39. The van der Waals surface area contributed by atoms with Gasteiger partial charge in [-0.15, -0.1) is 0 Å². The van der Waals surface area contributed by atoms with Crippen LogP contribution in [0.1, 0.15) is 25.3 Å². The molecule has 0 atom stereocenters. The molecular weight excluding hydrogens is 304 g/mol. The minimum absolute atomic E-state index is 0.132. The monoisotopic (exact) mass is 326 g/mol. The Bertz CT molecular complexity index is 588. The smallest absolute Gasteiger partial charge is 0.333 e. The molecule has 0 aliphatic carbocycles. The minimum Gasteiger partial charge on any atom is -0.466 e. The first-order chi connectivity index (χ1) is 10.3. The lowest BCUT2D eigenvalue weighted by Crippen LogP contribution is -2.02. The summed E-state index contributed by atoms with van der Waals surface area (Å²) in [6, 6.07) is 9.89. The number of rotatable bonds is 6. The second-order valence-electron chi connectivity index (χ2n) is 4.40. The normalized spacial score (nSPS) is 10.7. The number of ether oxygens (including phenoxy) is 1. The van der Waals surface area contributed by atoms with Gasteiger partial charge in [0.25, 0.3) is 10.1 Å². The van der Waals surface area contributed by atoms with Gasteiger partial charge in [0.2, 0.25) is 0 Å². The average Bonchev–Trinajstić information content (AvgIpc) is 2.46. The summed E-state index contributed by atoms with van der Waals surface area (Å²) in [5.74, 6) is -0.486. The Hall–Kier alpha value is -1.92. The van der Waals surface area contributed by atoms with Gasteiger partial charge in [0.1, 0.15) is 0 Å². The molecule has 5 nitrogen and oxygen atoms in total. The number of carbonyl (C=O) groups is 1. The molecular formula is C16H22O5S. The predicted molar refractivity (Wildman–Crippen MR) is 88.0 cm³/mol. The van der Waals surface area contributed by atoms with Crippen molar-refractivity contribution < 1.29 is 22.5 Å². The van der Waals surface area contributed by atoms with Crippen LogP contribution in [0, 0.1) is 0 Å². The van der Waals surface area contributed by atoms with Crippen LogP contribution in [0.3, 0.4) is 0 Å². The number of benzene rings is 1. The Kier molecular flexibility index (Phi) is 9.82. The summed E-state index contributed by atoms with van der Waals surface area (Å²) >= 11 is 0. The van der Waals surface area contributed by atoms with Crippen LogP contribution in [0.2, 0.25) is 0 Å². The fourth-order valence-corrected chi connectivity index (χ4v) is 1.90. The average molecular weight is 326 g/mol. The summed E-state index contributed by atoms with van der Waals surface area (Å²) in [4.78, 5) is 11.0. The van der Waals surface area contributed by atoms with Crippen molar-refractivity contribution in [1.29, 1.82) is 0 Å². The molecule has 6 heteroatoms. The fraction of sp³-hybridized carbons (Fsp3) is 0.312. The summed E-state index contributed by atoms with van der Waals surface area (Å²) in [5, 5.41) is 0. The molecule has 0 saturated carbocycles. The zero-order valence-corrected chi connectivity index (χ0v) is 13.7. The van der Waals surface area contributed by atoms with E-state index in [0.717, 1.165) is 5.56 Å². The lowest BCUT2D eigenvalue weighted by atomic mass is 10.1. The van der Waals surface area contributed by atoms with E-state index >= 15 is 0 Å². The van der Waals surface area contributed by atoms with E-state index in [9.17, 15) is 13.2 Å². The van der Waals surface area contributed by atoms with E-state index in [4.69, 9.17) is 4.55 Å². The highest BCUT2D eigenvalue weighted by molar-refractivity contribution is 7.85. The molecule has 0 aliphatic rings. The van der Waals surface area contributed by atoms with Crippen molar-refractivity contribution in [1.82, 2.24) is 0 Å². The highest BCUT2D eigenvalue weighted by Gasteiger charge is 2.02. The first-order valence-corrected chi connectivity index (χ1v) is 8.34. The Balaban J connectivity index is 0.000000534. The second kappa shape index (κ2) is 10.8. The molecule has 0 aliphatic heterocycles. The van der Waals surface area contributed by atoms with Crippen LogP contribution >= 0.6 is 0 Å². The first kappa shape index (κ1) is 20.1. The van der Waals surface area contributed by atoms with Gasteiger partial charge in [-0.1, -0.05) is 56.0 Å². The van der Waals surface area contributed by atoms with Crippen molar-refractivity contribution in [3.8, 4) is 0 Å². The van der Waals surface area contributed by atoms with E-state index in [2.05, 4.69) is 11.3 Å². The topological polar surface area (TPSA) is 80.7 Å². The summed E-state index contributed by atoms with van der Waals surface area (Å²) in [6.45, 7) is 5.32. The lowest BCUT2D eigenvalue weighted by Gasteiger charge is -1.98. The van der Waals surface area contributed by atoms with E-state index in [0.29, 0.717) is 18.4 Å². The first-order valence-electron chi connectivity index (χ1n) is 6.73. The predicted octanol–water partition coefficient (Wildman–Crippen LogP) is 3.10. The Labute approximate surface area is 132 Å². The van der Waals surface area contributed by atoms with Crippen molar-refractivity contribution in [3.63, 3.8) is 0 Å². The molecule has 1 aromatic carbocycles. The summed E-state index contributed by atoms with van der Waals surface area (Å²) in [7, 11) is -2.32. The molecule has 0 heterocycles. The Morgan fingerprint density at radius 3 is 2.32 bits per heavy atom. The molecule has 0 spiro atoms. The highest BCUT2D eigenvalue weighted by Crippen LogP contribution is 2.06. The third-order valence-electron chi connectivity index (χ3n) is 2.41. The van der Waals surface area contributed by atoms with Gasteiger partial charge in [0.15, 0.2) is 0 Å². The lowest BCUT2D eigenvalue weighted by molar-refractivity contribution is -0.136. The van der Waals surface area contributed by atoms with Gasteiger partial charge in [-0.2, -0.15) is 8.42 Å². The third kappa shape index (κ3) is 10.8. The highest BCUT2D eigenvalue weighted by atomic mass is 32.2. The second-order valence-corrected chi connectivity index (χ2v) is 5.97. The van der Waals surface area contributed by atoms with E-state index < -0.39 is 10.1 Å². The quantitative estimate of drug-likeness (QED) is 0.493. The maximum absolute atomic E-state index is 11.0. The molecule has 0 unspecified atom stereocenters. The van der Waals surface area contributed by atoms with Crippen LogP contribution in [-0.4, -0.2) is 31.8 Å². The van der Waals surface area contributed by atoms with Crippen LogP contribution < -0.4 is 0 Å². The van der Waals surface area contributed by atoms with E-state index in [-0.39, 0.29) is 11.7 Å². The molecule has 0 saturated heterocycles. The van der Waals surface area contributed by atoms with Crippen molar-refractivity contribution in [2.24, 2.45) is 0 Å². The zero-order chi connectivity index (χ0) is 17.0. The third-order valence-corrected chi connectivity index (χ3v) is 3.33. The van der Waals surface area contributed by atoms with Gasteiger partial charge in [0, 0.05) is 5.57 Å². The molecule has 0 aromatic heterocycles. The standard InChI is InChI=1S/C13H14O2.C3H8O3S/c1-11(13(14)15-2)7-6-10-12-8-4-3-5-9-12;1-2-3-7(4,5)6/h3-6,8-10H,1,7H2,2H3;2-3H2,1H3,(H,4,5,6). The van der Waals surface area contributed by atoms with Crippen LogP contribution in [-0.2, 0) is 19.6 Å². The van der Waals surface area contributed by atoms with Gasteiger partial charge < -0.3 is 4.74 Å². The molecule has 0 amide bonds. The molecule has 122 valence electrons. The molecule has 0 radical (unpaired) electrons.